The van der Waals surface area contributed by atoms with Crippen LogP contribution in [-0.2, 0) is 11.3 Å². The Labute approximate surface area is 160 Å². The number of carbonyl (C=O) groups is 1. The first kappa shape index (κ1) is 16.7. The number of aliphatic carboxylic acids is 1. The van der Waals surface area contributed by atoms with Gasteiger partial charge in [0.15, 0.2) is 0 Å². The van der Waals surface area contributed by atoms with E-state index in [9.17, 15) is 14.7 Å². The Bertz CT molecular complexity index is 1310. The molecule has 1 fully saturated rings. The first-order chi connectivity index (χ1) is 13.6. The van der Waals surface area contributed by atoms with Crippen molar-refractivity contribution in [3.05, 3.63) is 64.6 Å². The van der Waals surface area contributed by atoms with Gasteiger partial charge in [0.1, 0.15) is 12.2 Å². The number of aromatic nitrogens is 3. The number of para-hydroxylation sites is 1. The van der Waals surface area contributed by atoms with Crippen molar-refractivity contribution in [2.75, 3.05) is 0 Å². The molecule has 0 bridgehead atoms. The Kier molecular flexibility index (Phi) is 3.62. The van der Waals surface area contributed by atoms with Gasteiger partial charge in [-0.2, -0.15) is 5.10 Å². The molecule has 140 valence electrons. The molecule has 0 saturated heterocycles. The third kappa shape index (κ3) is 2.45. The van der Waals surface area contributed by atoms with E-state index in [1.54, 1.807) is 9.25 Å². The number of benzene rings is 2. The van der Waals surface area contributed by atoms with Crippen LogP contribution < -0.4 is 5.56 Å². The number of hydrogen-bond donors (Lipinski definition) is 1. The lowest BCUT2D eigenvalue weighted by molar-refractivity contribution is -0.137. The lowest BCUT2D eigenvalue weighted by atomic mass is 10.0. The minimum atomic E-state index is -0.892. The molecule has 6 heteroatoms. The summed E-state index contributed by atoms with van der Waals surface area (Å²) in [6.45, 7) is 1.80. The molecular formula is C22H19N3O3. The number of carboxylic acid groups (broad SMARTS) is 1. The molecule has 0 radical (unpaired) electrons. The summed E-state index contributed by atoms with van der Waals surface area (Å²) in [5.41, 5.74) is 3.26. The van der Waals surface area contributed by atoms with Crippen LogP contribution in [0.25, 0.3) is 32.9 Å². The minimum absolute atomic E-state index is 0.0613. The molecule has 0 unspecified atom stereocenters. The predicted octanol–water partition coefficient (Wildman–Crippen LogP) is 3.75. The molecule has 1 aliphatic rings. The third-order valence-electron chi connectivity index (χ3n) is 5.48. The summed E-state index contributed by atoms with van der Waals surface area (Å²) in [6, 6.07) is 15.4. The van der Waals surface area contributed by atoms with Crippen molar-refractivity contribution < 1.29 is 9.90 Å². The van der Waals surface area contributed by atoms with Crippen LogP contribution in [0.5, 0.6) is 0 Å². The number of carboxylic acids is 1. The first-order valence-electron chi connectivity index (χ1n) is 9.38. The van der Waals surface area contributed by atoms with E-state index in [4.69, 9.17) is 5.10 Å². The van der Waals surface area contributed by atoms with Gasteiger partial charge in [-0.15, -0.1) is 0 Å². The van der Waals surface area contributed by atoms with Gasteiger partial charge >= 0.3 is 5.97 Å². The van der Waals surface area contributed by atoms with E-state index in [1.807, 2.05) is 55.5 Å². The summed E-state index contributed by atoms with van der Waals surface area (Å²) in [5, 5.41) is 16.6. The summed E-state index contributed by atoms with van der Waals surface area (Å²) in [4.78, 5) is 24.3. The molecule has 0 atom stereocenters. The Morgan fingerprint density at radius 1 is 1.07 bits per heavy atom. The lowest BCUT2D eigenvalue weighted by Crippen LogP contribution is -2.23. The topological polar surface area (TPSA) is 77.1 Å². The Hall–Kier alpha value is -3.41. The molecule has 4 aromatic rings. The zero-order valence-corrected chi connectivity index (χ0v) is 15.4. The van der Waals surface area contributed by atoms with Gasteiger partial charge in [0.05, 0.1) is 11.4 Å². The summed E-state index contributed by atoms with van der Waals surface area (Å²) in [6.07, 6.45) is 1.93. The molecule has 0 spiro atoms. The van der Waals surface area contributed by atoms with Gasteiger partial charge in [-0.05, 0) is 31.9 Å². The average molecular weight is 373 g/mol. The summed E-state index contributed by atoms with van der Waals surface area (Å²) in [5.74, 6) is -0.892. The van der Waals surface area contributed by atoms with E-state index in [2.05, 4.69) is 0 Å². The average Bonchev–Trinajstić information content (AvgIpc) is 3.50. The van der Waals surface area contributed by atoms with E-state index in [0.29, 0.717) is 5.39 Å². The van der Waals surface area contributed by atoms with E-state index in [-0.39, 0.29) is 18.1 Å². The first-order valence-corrected chi connectivity index (χ1v) is 9.38. The second-order valence-corrected chi connectivity index (χ2v) is 7.33. The van der Waals surface area contributed by atoms with E-state index >= 15 is 0 Å². The van der Waals surface area contributed by atoms with Crippen LogP contribution in [-0.4, -0.2) is 25.4 Å². The van der Waals surface area contributed by atoms with Crippen LogP contribution in [0, 0.1) is 6.92 Å². The molecule has 1 N–H and O–H groups in total. The summed E-state index contributed by atoms with van der Waals surface area (Å²) < 4.78 is 3.41. The highest BCUT2D eigenvalue weighted by Crippen LogP contribution is 2.38. The molecule has 5 rings (SSSR count). The lowest BCUT2D eigenvalue weighted by Gasteiger charge is -2.11. The van der Waals surface area contributed by atoms with Crippen LogP contribution in [0.1, 0.15) is 24.6 Å². The minimum Gasteiger partial charge on any atom is -0.480 e. The highest BCUT2D eigenvalue weighted by Gasteiger charge is 2.28. The normalized spacial score (nSPS) is 14.0. The molecule has 2 heterocycles. The molecule has 28 heavy (non-hydrogen) atoms. The number of fused-ring (bicyclic) bond motifs is 2. The Morgan fingerprint density at radius 2 is 1.71 bits per heavy atom. The maximum atomic E-state index is 12.9. The molecule has 2 aromatic carbocycles. The molecule has 0 amide bonds. The quantitative estimate of drug-likeness (QED) is 0.591. The molecule has 6 nitrogen and oxygen atoms in total. The van der Waals surface area contributed by atoms with Crippen LogP contribution in [0.2, 0.25) is 0 Å². The van der Waals surface area contributed by atoms with Crippen LogP contribution in [0.15, 0.2) is 53.3 Å². The highest BCUT2D eigenvalue weighted by atomic mass is 16.4. The second-order valence-electron chi connectivity index (χ2n) is 7.33. The molecule has 2 aromatic heterocycles. The Balaban J connectivity index is 1.90. The predicted molar refractivity (Wildman–Crippen MR) is 108 cm³/mol. The SMILES string of the molecule is Cc1c(-c2nn(C3CC3)c(=O)c3ccccc23)c2ccccc2n1CC(=O)O. The van der Waals surface area contributed by atoms with Gasteiger partial charge in [0, 0.05) is 27.5 Å². The fourth-order valence-electron chi connectivity index (χ4n) is 4.03. The fourth-order valence-corrected chi connectivity index (χ4v) is 4.03. The number of rotatable bonds is 4. The summed E-state index contributed by atoms with van der Waals surface area (Å²) >= 11 is 0. The van der Waals surface area contributed by atoms with Crippen LogP contribution >= 0.6 is 0 Å². The zero-order valence-electron chi connectivity index (χ0n) is 15.4. The van der Waals surface area contributed by atoms with Crippen molar-refractivity contribution in [1.29, 1.82) is 0 Å². The van der Waals surface area contributed by atoms with Crippen molar-refractivity contribution in [3.8, 4) is 11.3 Å². The summed E-state index contributed by atoms with van der Waals surface area (Å²) in [7, 11) is 0. The van der Waals surface area contributed by atoms with Gasteiger partial charge in [0.25, 0.3) is 5.56 Å². The Morgan fingerprint density at radius 3 is 2.39 bits per heavy atom. The number of hydrogen-bond acceptors (Lipinski definition) is 3. The highest BCUT2D eigenvalue weighted by molar-refractivity contribution is 6.05. The molecule has 1 aliphatic carbocycles. The standard InChI is InChI=1S/C22H19N3O3/c1-13-20(17-8-4-5-9-18(17)24(13)12-19(26)27)21-15-6-2-3-7-16(15)22(28)25(23-21)14-10-11-14/h2-9,14H,10-12H2,1H3,(H,26,27). The smallest absolute Gasteiger partial charge is 0.323 e. The third-order valence-corrected chi connectivity index (χ3v) is 5.48. The molecule has 0 aliphatic heterocycles. The zero-order chi connectivity index (χ0) is 19.4. The van der Waals surface area contributed by atoms with Crippen molar-refractivity contribution in [3.63, 3.8) is 0 Å². The molecule has 1 saturated carbocycles. The van der Waals surface area contributed by atoms with Crippen molar-refractivity contribution in [1.82, 2.24) is 14.3 Å². The van der Waals surface area contributed by atoms with Crippen molar-refractivity contribution in [2.24, 2.45) is 0 Å². The van der Waals surface area contributed by atoms with E-state index in [1.165, 1.54) is 0 Å². The second kappa shape index (κ2) is 6.05. The van der Waals surface area contributed by atoms with Crippen molar-refractivity contribution in [2.45, 2.75) is 32.4 Å². The fraction of sp³-hybridized carbons (Fsp3) is 0.227. The van der Waals surface area contributed by atoms with Gasteiger partial charge in [0.2, 0.25) is 0 Å². The van der Waals surface area contributed by atoms with E-state index < -0.39 is 5.97 Å². The van der Waals surface area contributed by atoms with Crippen LogP contribution in [0.4, 0.5) is 0 Å². The molecular weight excluding hydrogens is 354 g/mol. The number of nitrogens with zero attached hydrogens (tertiary/aromatic N) is 3. The maximum absolute atomic E-state index is 12.9. The van der Waals surface area contributed by atoms with Gasteiger partial charge in [-0.1, -0.05) is 36.4 Å². The van der Waals surface area contributed by atoms with Gasteiger partial charge < -0.3 is 9.67 Å². The van der Waals surface area contributed by atoms with Gasteiger partial charge in [-0.3, -0.25) is 9.59 Å². The largest absolute Gasteiger partial charge is 0.480 e. The monoisotopic (exact) mass is 373 g/mol. The van der Waals surface area contributed by atoms with Crippen molar-refractivity contribution >= 4 is 27.6 Å². The maximum Gasteiger partial charge on any atom is 0.323 e. The van der Waals surface area contributed by atoms with E-state index in [0.717, 1.165) is 46.1 Å². The van der Waals surface area contributed by atoms with Gasteiger partial charge in [-0.25, -0.2) is 4.68 Å². The van der Waals surface area contributed by atoms with Crippen LogP contribution in [0.3, 0.4) is 0 Å².